The van der Waals surface area contributed by atoms with Gasteiger partial charge in [0, 0.05) is 15.9 Å². The average molecular weight is 308 g/mol. The van der Waals surface area contributed by atoms with Gasteiger partial charge in [-0.2, -0.15) is 0 Å². The van der Waals surface area contributed by atoms with Crippen LogP contribution in [0.3, 0.4) is 0 Å². The molecule has 1 heterocycles. The molecular formula is C14H14BrNO2. The van der Waals surface area contributed by atoms with E-state index < -0.39 is 5.97 Å². The topological polar surface area (TPSA) is 42.2 Å². The van der Waals surface area contributed by atoms with Gasteiger partial charge in [0.05, 0.1) is 11.3 Å². The molecule has 2 aromatic rings. The van der Waals surface area contributed by atoms with Crippen LogP contribution in [0.1, 0.15) is 27.3 Å². The predicted octanol–water partition coefficient (Wildman–Crippen LogP) is 3.86. The number of nitrogens with zero attached hydrogens (tertiary/aromatic N) is 1. The fourth-order valence-electron chi connectivity index (χ4n) is 2.14. The summed E-state index contributed by atoms with van der Waals surface area (Å²) in [4.78, 5) is 11.1. The van der Waals surface area contributed by atoms with Crippen molar-refractivity contribution in [2.45, 2.75) is 20.8 Å². The molecule has 0 saturated carbocycles. The lowest BCUT2D eigenvalue weighted by Gasteiger charge is -2.12. The smallest absolute Gasteiger partial charge is 0.337 e. The van der Waals surface area contributed by atoms with E-state index >= 15 is 0 Å². The average Bonchev–Trinajstić information content (AvgIpc) is 2.58. The molecule has 0 spiro atoms. The SMILES string of the molecule is Cc1ccc(Br)c(-n2c(C)cc(C(=O)O)c2C)c1. The number of carboxylic acids is 1. The van der Waals surface area contributed by atoms with Gasteiger partial charge in [0.25, 0.3) is 0 Å². The molecule has 0 atom stereocenters. The molecule has 0 aliphatic heterocycles. The van der Waals surface area contributed by atoms with E-state index in [4.69, 9.17) is 5.11 Å². The second kappa shape index (κ2) is 4.61. The number of aromatic nitrogens is 1. The van der Waals surface area contributed by atoms with E-state index in [-0.39, 0.29) is 0 Å². The maximum absolute atomic E-state index is 11.1. The highest BCUT2D eigenvalue weighted by Crippen LogP contribution is 2.27. The molecule has 0 unspecified atom stereocenters. The Morgan fingerprint density at radius 1 is 1.22 bits per heavy atom. The number of benzene rings is 1. The highest BCUT2D eigenvalue weighted by molar-refractivity contribution is 9.10. The fourth-order valence-corrected chi connectivity index (χ4v) is 2.57. The van der Waals surface area contributed by atoms with Crippen molar-refractivity contribution in [3.63, 3.8) is 0 Å². The van der Waals surface area contributed by atoms with Crippen molar-refractivity contribution in [1.29, 1.82) is 0 Å². The monoisotopic (exact) mass is 307 g/mol. The van der Waals surface area contributed by atoms with Gasteiger partial charge in [0.1, 0.15) is 0 Å². The van der Waals surface area contributed by atoms with Crippen LogP contribution in [0.2, 0.25) is 0 Å². The zero-order valence-electron chi connectivity index (χ0n) is 10.5. The van der Waals surface area contributed by atoms with E-state index in [2.05, 4.69) is 15.9 Å². The van der Waals surface area contributed by atoms with Gasteiger partial charge in [0.15, 0.2) is 0 Å². The van der Waals surface area contributed by atoms with Crippen molar-refractivity contribution < 1.29 is 9.90 Å². The predicted molar refractivity (Wildman–Crippen MR) is 74.6 cm³/mol. The molecule has 0 saturated heterocycles. The Balaban J connectivity index is 2.71. The second-order valence-electron chi connectivity index (χ2n) is 4.38. The van der Waals surface area contributed by atoms with Gasteiger partial charge >= 0.3 is 5.97 Å². The number of carbonyl (C=O) groups is 1. The standard InChI is InChI=1S/C14H14BrNO2/c1-8-4-5-12(15)13(6-8)16-9(2)7-11(10(16)3)14(17)18/h4-7H,1-3H3,(H,17,18). The first-order valence-electron chi connectivity index (χ1n) is 5.60. The number of aromatic carboxylic acids is 1. The maximum Gasteiger partial charge on any atom is 0.337 e. The van der Waals surface area contributed by atoms with Crippen LogP contribution in [0.4, 0.5) is 0 Å². The van der Waals surface area contributed by atoms with Crippen molar-refractivity contribution in [3.05, 3.63) is 51.3 Å². The summed E-state index contributed by atoms with van der Waals surface area (Å²) in [6.45, 7) is 5.75. The van der Waals surface area contributed by atoms with Crippen molar-refractivity contribution >= 4 is 21.9 Å². The van der Waals surface area contributed by atoms with Crippen molar-refractivity contribution in [1.82, 2.24) is 4.57 Å². The van der Waals surface area contributed by atoms with Crippen LogP contribution in [0.5, 0.6) is 0 Å². The molecule has 1 N–H and O–H groups in total. The zero-order valence-corrected chi connectivity index (χ0v) is 12.1. The van der Waals surface area contributed by atoms with Crippen LogP contribution in [-0.2, 0) is 0 Å². The summed E-state index contributed by atoms with van der Waals surface area (Å²) < 4.78 is 2.91. The number of hydrogen-bond acceptors (Lipinski definition) is 1. The van der Waals surface area contributed by atoms with E-state index in [9.17, 15) is 4.79 Å². The maximum atomic E-state index is 11.1. The minimum absolute atomic E-state index is 0.348. The summed E-state index contributed by atoms with van der Waals surface area (Å²) in [7, 11) is 0. The Morgan fingerprint density at radius 2 is 1.89 bits per heavy atom. The molecule has 18 heavy (non-hydrogen) atoms. The summed E-state index contributed by atoms with van der Waals surface area (Å²) >= 11 is 3.51. The van der Waals surface area contributed by atoms with E-state index in [1.54, 1.807) is 6.07 Å². The lowest BCUT2D eigenvalue weighted by molar-refractivity contribution is 0.0696. The third kappa shape index (κ3) is 2.08. The highest BCUT2D eigenvalue weighted by atomic mass is 79.9. The van der Waals surface area contributed by atoms with E-state index in [0.29, 0.717) is 5.56 Å². The Kier molecular flexibility index (Phi) is 3.30. The van der Waals surface area contributed by atoms with Crippen LogP contribution < -0.4 is 0 Å². The van der Waals surface area contributed by atoms with E-state index in [1.165, 1.54) is 0 Å². The molecule has 0 radical (unpaired) electrons. The van der Waals surface area contributed by atoms with Crippen molar-refractivity contribution in [3.8, 4) is 5.69 Å². The summed E-state index contributed by atoms with van der Waals surface area (Å²) in [5.74, 6) is -0.891. The first-order valence-corrected chi connectivity index (χ1v) is 6.40. The molecule has 0 fully saturated rings. The molecule has 4 heteroatoms. The Hall–Kier alpha value is -1.55. The summed E-state index contributed by atoms with van der Waals surface area (Å²) in [6.07, 6.45) is 0. The van der Waals surface area contributed by atoms with Gasteiger partial charge in [-0.15, -0.1) is 0 Å². The van der Waals surface area contributed by atoms with Gasteiger partial charge < -0.3 is 9.67 Å². The van der Waals surface area contributed by atoms with E-state index in [1.807, 2.05) is 43.5 Å². The number of hydrogen-bond donors (Lipinski definition) is 1. The number of halogens is 1. The van der Waals surface area contributed by atoms with Crippen molar-refractivity contribution in [2.75, 3.05) is 0 Å². The van der Waals surface area contributed by atoms with Gasteiger partial charge in [-0.25, -0.2) is 4.79 Å². The summed E-state index contributed by atoms with van der Waals surface area (Å²) in [5, 5.41) is 9.15. The molecule has 1 aromatic heterocycles. The lowest BCUT2D eigenvalue weighted by Crippen LogP contribution is -2.03. The Bertz CT molecular complexity index is 629. The Labute approximate surface area is 114 Å². The number of carboxylic acid groups (broad SMARTS) is 1. The minimum Gasteiger partial charge on any atom is -0.478 e. The van der Waals surface area contributed by atoms with Gasteiger partial charge in [-0.1, -0.05) is 6.07 Å². The second-order valence-corrected chi connectivity index (χ2v) is 5.23. The summed E-state index contributed by atoms with van der Waals surface area (Å²) in [6, 6.07) is 7.73. The quantitative estimate of drug-likeness (QED) is 0.915. The van der Waals surface area contributed by atoms with Crippen LogP contribution in [-0.4, -0.2) is 15.6 Å². The van der Waals surface area contributed by atoms with Gasteiger partial charge in [-0.05, 0) is 60.5 Å². The third-order valence-electron chi connectivity index (χ3n) is 3.00. The third-order valence-corrected chi connectivity index (χ3v) is 3.67. The lowest BCUT2D eigenvalue weighted by atomic mass is 10.2. The van der Waals surface area contributed by atoms with Crippen LogP contribution in [0.15, 0.2) is 28.7 Å². The highest BCUT2D eigenvalue weighted by Gasteiger charge is 2.16. The number of aryl methyl sites for hydroxylation is 2. The molecule has 94 valence electrons. The largest absolute Gasteiger partial charge is 0.478 e. The Morgan fingerprint density at radius 3 is 2.44 bits per heavy atom. The fraction of sp³-hybridized carbons (Fsp3) is 0.214. The molecule has 0 bridgehead atoms. The van der Waals surface area contributed by atoms with Gasteiger partial charge in [0.2, 0.25) is 0 Å². The summed E-state index contributed by atoms with van der Waals surface area (Å²) in [5.41, 5.74) is 4.11. The first kappa shape index (κ1) is 12.9. The molecular weight excluding hydrogens is 294 g/mol. The first-order chi connectivity index (χ1) is 8.41. The van der Waals surface area contributed by atoms with Crippen LogP contribution in [0, 0.1) is 20.8 Å². The molecule has 1 aromatic carbocycles. The van der Waals surface area contributed by atoms with E-state index in [0.717, 1.165) is 27.1 Å². The molecule has 2 rings (SSSR count). The zero-order chi connectivity index (χ0) is 13.4. The molecule has 0 aliphatic carbocycles. The normalized spacial score (nSPS) is 10.7. The molecule has 3 nitrogen and oxygen atoms in total. The van der Waals surface area contributed by atoms with Crippen molar-refractivity contribution in [2.24, 2.45) is 0 Å². The van der Waals surface area contributed by atoms with Gasteiger partial charge in [-0.3, -0.25) is 0 Å². The van der Waals surface area contributed by atoms with Crippen LogP contribution >= 0.6 is 15.9 Å². The molecule has 0 aliphatic rings. The number of rotatable bonds is 2. The van der Waals surface area contributed by atoms with Crippen LogP contribution in [0.25, 0.3) is 5.69 Å². The minimum atomic E-state index is -0.891. The molecule has 0 amide bonds.